The van der Waals surface area contributed by atoms with E-state index in [9.17, 15) is 0 Å². The number of aryl methyl sites for hydroxylation is 3. The van der Waals surface area contributed by atoms with Crippen LogP contribution in [0.1, 0.15) is 311 Å². The van der Waals surface area contributed by atoms with Gasteiger partial charge in [-0.3, -0.25) is 9.80 Å². The lowest BCUT2D eigenvalue weighted by Crippen LogP contribution is -2.28. The second-order valence-electron chi connectivity index (χ2n) is 26.9. The molecular formula is C72H134N8O4P2S4. The Labute approximate surface area is 571 Å². The van der Waals surface area contributed by atoms with Crippen molar-refractivity contribution < 1.29 is 18.1 Å². The molecule has 0 radical (unpaired) electrons. The molecule has 90 heavy (non-hydrogen) atoms. The lowest BCUT2D eigenvalue weighted by Gasteiger charge is -2.31. The summed E-state index contributed by atoms with van der Waals surface area (Å²) in [4.78, 5) is 4.94. The molecule has 520 valence electrons. The highest BCUT2D eigenvalue weighted by atomic mass is 32.9. The molecule has 0 amide bonds. The van der Waals surface area contributed by atoms with Crippen molar-refractivity contribution in [3.8, 4) is 0 Å². The van der Waals surface area contributed by atoms with E-state index in [-0.39, 0.29) is 12.2 Å². The van der Waals surface area contributed by atoms with Crippen LogP contribution in [0.25, 0.3) is 22.1 Å². The van der Waals surface area contributed by atoms with Gasteiger partial charge in [0.15, 0.2) is 0 Å². The van der Waals surface area contributed by atoms with Crippen LogP contribution in [0.2, 0.25) is 0 Å². The number of hydrogen-bond acceptors (Lipinski definition) is 14. The summed E-state index contributed by atoms with van der Waals surface area (Å²) in [6.45, 7) is 33.5. The molecule has 0 aliphatic carbocycles. The Morgan fingerprint density at radius 3 is 1.29 bits per heavy atom. The Morgan fingerprint density at radius 1 is 0.467 bits per heavy atom. The van der Waals surface area contributed by atoms with Gasteiger partial charge in [-0.05, 0) is 149 Å². The van der Waals surface area contributed by atoms with Gasteiger partial charge in [0.05, 0.1) is 61.5 Å². The van der Waals surface area contributed by atoms with E-state index in [1.807, 2.05) is 4.68 Å². The van der Waals surface area contributed by atoms with Gasteiger partial charge in [-0.25, -0.2) is 9.36 Å². The molecule has 2 unspecified atom stereocenters. The maximum atomic E-state index is 6.64. The molecule has 0 fully saturated rings. The summed E-state index contributed by atoms with van der Waals surface area (Å²) in [5.41, 5.74) is 3.02. The first kappa shape index (κ1) is 83.2. The fourth-order valence-electron chi connectivity index (χ4n) is 11.5. The molecule has 12 nitrogen and oxygen atoms in total. The Hall–Kier alpha value is -1.00. The van der Waals surface area contributed by atoms with Gasteiger partial charge in [-0.1, -0.05) is 281 Å². The molecule has 0 saturated carbocycles. The molecule has 2 aromatic heterocycles. The van der Waals surface area contributed by atoms with Crippen molar-refractivity contribution in [1.29, 1.82) is 0 Å². The van der Waals surface area contributed by atoms with E-state index in [2.05, 4.69) is 155 Å². The fourth-order valence-corrected chi connectivity index (χ4v) is 20.8. The molecule has 0 bridgehead atoms. The number of nitrogens with zero attached hydrogens (tertiary/aromatic N) is 8. The summed E-state index contributed by atoms with van der Waals surface area (Å²) in [5.74, 6) is 2.64. The van der Waals surface area contributed by atoms with Crippen LogP contribution < -0.4 is 0 Å². The van der Waals surface area contributed by atoms with Gasteiger partial charge in [0.2, 0.25) is 11.4 Å². The van der Waals surface area contributed by atoms with Crippen LogP contribution in [0.15, 0.2) is 30.3 Å². The predicted molar refractivity (Wildman–Crippen MR) is 403 cm³/mol. The van der Waals surface area contributed by atoms with Crippen LogP contribution in [-0.4, -0.2) is 90.1 Å². The van der Waals surface area contributed by atoms with E-state index in [1.165, 1.54) is 196 Å². The predicted octanol–water partition coefficient (Wildman–Crippen LogP) is 23.9. The molecule has 0 N–H and O–H groups in total. The lowest BCUT2D eigenvalue weighted by molar-refractivity contribution is 0.143. The standard InChI is InChI=1S/C42H79N4O2PS2.C30H55N4O2PS2/c1-9-11-13-14-15-16-17-18-19-20-21-22-23-24-25-26-30-45(34-46-42-29-28-40(27-12-10-2)33-41(42)43-44-46)35-51-49(50,47-38(7)31-36(3)4)48-39(8)32-37(5)6;1-6-9-12-13-14-15-16-17-18-19-22-33(25-34-29-21-20-27(4)28(5)30(29)31-32-34)26-39-37(38,35-23-10-7-2)36-24-11-8-3/h28-29,33,36-39H,9-27,30-32,34-35H2,1-8H3;20-21H,6-19,22-26H2,1-5H3. The molecular weight excluding hydrogens is 1230 g/mol. The van der Waals surface area contributed by atoms with Gasteiger partial charge >= 0.3 is 0 Å². The molecule has 4 rings (SSSR count). The molecule has 2 atom stereocenters. The second-order valence-corrected chi connectivity index (χ2v) is 39.4. The van der Waals surface area contributed by atoms with Crippen LogP contribution in [0.5, 0.6) is 0 Å². The Bertz CT molecular complexity index is 2460. The van der Waals surface area contributed by atoms with Crippen molar-refractivity contribution >= 4 is 79.8 Å². The normalized spacial score (nSPS) is 13.6. The molecule has 4 aromatic rings. The maximum absolute atomic E-state index is 6.64. The molecule has 2 aromatic carbocycles. The molecule has 2 heterocycles. The van der Waals surface area contributed by atoms with Gasteiger partial charge in [0.1, 0.15) is 11.0 Å². The second kappa shape index (κ2) is 51.3. The summed E-state index contributed by atoms with van der Waals surface area (Å²) >= 11 is 15.7. The first-order valence-electron chi connectivity index (χ1n) is 36.7. The van der Waals surface area contributed by atoms with Crippen molar-refractivity contribution in [3.05, 3.63) is 47.0 Å². The summed E-state index contributed by atoms with van der Waals surface area (Å²) < 4.78 is 29.8. The molecule has 0 spiro atoms. The third-order valence-electron chi connectivity index (χ3n) is 16.9. The number of benzene rings is 2. The number of hydrogen-bond donors (Lipinski definition) is 0. The minimum Gasteiger partial charge on any atom is -0.322 e. The van der Waals surface area contributed by atoms with Gasteiger partial charge in [-0.2, -0.15) is 0 Å². The topological polar surface area (TPSA) is 105 Å². The number of aromatic nitrogens is 6. The highest BCUT2D eigenvalue weighted by Gasteiger charge is 2.29. The van der Waals surface area contributed by atoms with E-state index in [0.29, 0.717) is 38.4 Å². The zero-order valence-electron chi connectivity index (χ0n) is 59.8. The van der Waals surface area contributed by atoms with E-state index < -0.39 is 11.4 Å². The summed E-state index contributed by atoms with van der Waals surface area (Å²) in [5, 5.41) is 18.3. The first-order valence-corrected chi connectivity index (χ1v) is 45.2. The van der Waals surface area contributed by atoms with Crippen molar-refractivity contribution in [2.24, 2.45) is 11.8 Å². The van der Waals surface area contributed by atoms with Gasteiger partial charge in [-0.15, -0.1) is 10.2 Å². The summed E-state index contributed by atoms with van der Waals surface area (Å²) in [7, 11) is 0. The SMILES string of the molecule is CCCCCCCCCCCCCCCCCCN(CSP(=S)(OC(C)CC(C)C)OC(C)CC(C)C)Cn1nnc2cc(CCCC)ccc21.CCCCCCCCCCCCN(CSP(=S)(OCCCC)OCCCC)Cn1nnc2c(C)c(C)ccc21. The minimum atomic E-state index is -2.57. The summed E-state index contributed by atoms with van der Waals surface area (Å²) in [6, 6.07) is 11.0. The fraction of sp³-hybridized carbons (Fsp3) is 0.833. The molecule has 18 heteroatoms. The van der Waals surface area contributed by atoms with E-state index in [4.69, 9.17) is 41.7 Å². The van der Waals surface area contributed by atoms with Gasteiger partial charge in [0, 0.05) is 13.1 Å². The zero-order valence-corrected chi connectivity index (χ0v) is 64.9. The Kier molecular flexibility index (Phi) is 47.4. The monoisotopic (exact) mass is 1360 g/mol. The first-order chi connectivity index (χ1) is 43.5. The average Bonchev–Trinajstić information content (AvgIpc) is 1.70. The average molecular weight is 1370 g/mol. The smallest absolute Gasteiger partial charge is 0.249 e. The van der Waals surface area contributed by atoms with E-state index >= 15 is 0 Å². The quantitative estimate of drug-likeness (QED) is 0.0238. The third kappa shape index (κ3) is 37.5. The van der Waals surface area contributed by atoms with E-state index in [0.717, 1.165) is 91.9 Å². The van der Waals surface area contributed by atoms with Crippen molar-refractivity contribution in [2.45, 2.75) is 340 Å². The number of rotatable bonds is 57. The lowest BCUT2D eigenvalue weighted by atomic mass is 10.0. The van der Waals surface area contributed by atoms with Crippen molar-refractivity contribution in [2.75, 3.05) is 38.1 Å². The van der Waals surface area contributed by atoms with Crippen LogP contribution in [0.4, 0.5) is 0 Å². The maximum Gasteiger partial charge on any atom is 0.249 e. The molecule has 0 saturated heterocycles. The van der Waals surface area contributed by atoms with Crippen LogP contribution in [-0.2, 0) is 61.5 Å². The highest BCUT2D eigenvalue weighted by Crippen LogP contribution is 2.63. The largest absolute Gasteiger partial charge is 0.322 e. The van der Waals surface area contributed by atoms with E-state index in [1.54, 1.807) is 22.8 Å². The molecule has 0 aliphatic rings. The van der Waals surface area contributed by atoms with Crippen LogP contribution >= 0.6 is 34.2 Å². The summed E-state index contributed by atoms with van der Waals surface area (Å²) in [6.07, 6.45) is 45.3. The molecule has 0 aliphatic heterocycles. The van der Waals surface area contributed by atoms with Gasteiger partial charge < -0.3 is 18.1 Å². The van der Waals surface area contributed by atoms with Crippen LogP contribution in [0, 0.1) is 25.7 Å². The highest BCUT2D eigenvalue weighted by molar-refractivity contribution is 8.68. The van der Waals surface area contributed by atoms with Crippen molar-refractivity contribution in [3.63, 3.8) is 0 Å². The number of unbranched alkanes of at least 4 members (excludes halogenated alkanes) is 27. The minimum absolute atomic E-state index is 0.0736. The zero-order chi connectivity index (χ0) is 65.7. The Balaban J connectivity index is 0.000000487. The third-order valence-corrected chi connectivity index (χ3v) is 27.6. The van der Waals surface area contributed by atoms with Crippen molar-refractivity contribution in [1.82, 2.24) is 39.8 Å². The van der Waals surface area contributed by atoms with Crippen LogP contribution in [0.3, 0.4) is 0 Å². The Morgan fingerprint density at radius 2 is 0.856 bits per heavy atom. The number of fused-ring (bicyclic) bond motifs is 2. The van der Waals surface area contributed by atoms with Gasteiger partial charge in [0.25, 0.3) is 0 Å².